The Labute approximate surface area is 168 Å². The molecule has 0 aliphatic carbocycles. The average Bonchev–Trinajstić information content (AvgIpc) is 3.38. The van der Waals surface area contributed by atoms with Crippen LogP contribution in [0.3, 0.4) is 0 Å². The van der Waals surface area contributed by atoms with Crippen molar-refractivity contribution in [1.82, 2.24) is 15.0 Å². The summed E-state index contributed by atoms with van der Waals surface area (Å²) in [5.41, 5.74) is 1.63. The molecule has 29 heavy (non-hydrogen) atoms. The van der Waals surface area contributed by atoms with Gasteiger partial charge in [-0.1, -0.05) is 6.07 Å². The summed E-state index contributed by atoms with van der Waals surface area (Å²) < 4.78 is 10.8. The second-order valence-corrected chi connectivity index (χ2v) is 6.46. The van der Waals surface area contributed by atoms with Gasteiger partial charge in [-0.3, -0.25) is 4.79 Å². The third-order valence-electron chi connectivity index (χ3n) is 4.38. The quantitative estimate of drug-likeness (QED) is 0.599. The molecule has 1 aliphatic rings. The molecule has 9 nitrogen and oxygen atoms in total. The van der Waals surface area contributed by atoms with Gasteiger partial charge in [0, 0.05) is 24.3 Å². The van der Waals surface area contributed by atoms with Crippen LogP contribution >= 0.6 is 0 Å². The predicted molar refractivity (Wildman–Crippen MR) is 108 cm³/mol. The number of hydrogen-bond donors (Lipinski definition) is 2. The first-order chi connectivity index (χ1) is 14.2. The van der Waals surface area contributed by atoms with Crippen molar-refractivity contribution in [2.45, 2.75) is 26.3 Å². The van der Waals surface area contributed by atoms with E-state index in [4.69, 9.17) is 9.15 Å². The third-order valence-corrected chi connectivity index (χ3v) is 4.38. The maximum absolute atomic E-state index is 12.0. The molecule has 0 unspecified atom stereocenters. The van der Waals surface area contributed by atoms with E-state index in [2.05, 4.69) is 25.6 Å². The number of amides is 1. The van der Waals surface area contributed by atoms with Gasteiger partial charge in [0.2, 0.25) is 17.8 Å². The van der Waals surface area contributed by atoms with Crippen LogP contribution in [0.1, 0.15) is 25.5 Å². The average molecular weight is 394 g/mol. The zero-order valence-electron chi connectivity index (χ0n) is 16.1. The SMILES string of the molecule is CCOc1nc(NCc2ccco2)nc(Nc2cccc(N3CCCC3=O)c2)n1. The summed E-state index contributed by atoms with van der Waals surface area (Å²) in [7, 11) is 0. The highest BCUT2D eigenvalue weighted by molar-refractivity contribution is 5.95. The number of ether oxygens (including phenoxy) is 1. The Morgan fingerprint density at radius 2 is 2.07 bits per heavy atom. The molecular formula is C20H22N6O3. The number of anilines is 4. The number of nitrogens with one attached hydrogen (secondary N) is 2. The summed E-state index contributed by atoms with van der Waals surface area (Å²) in [6.07, 6.45) is 3.08. The number of carbonyl (C=O) groups is 1. The van der Waals surface area contributed by atoms with E-state index in [1.165, 1.54) is 0 Å². The van der Waals surface area contributed by atoms with Gasteiger partial charge in [-0.05, 0) is 43.7 Å². The van der Waals surface area contributed by atoms with Gasteiger partial charge >= 0.3 is 6.01 Å². The lowest BCUT2D eigenvalue weighted by atomic mass is 10.2. The van der Waals surface area contributed by atoms with Crippen molar-refractivity contribution >= 4 is 29.2 Å². The summed E-state index contributed by atoms with van der Waals surface area (Å²) in [4.78, 5) is 26.8. The third kappa shape index (κ3) is 4.63. The molecule has 9 heteroatoms. The Morgan fingerprint density at radius 3 is 2.83 bits per heavy atom. The largest absolute Gasteiger partial charge is 0.467 e. The minimum Gasteiger partial charge on any atom is -0.467 e. The molecule has 1 aliphatic heterocycles. The number of benzene rings is 1. The van der Waals surface area contributed by atoms with Crippen molar-refractivity contribution in [3.8, 4) is 6.01 Å². The van der Waals surface area contributed by atoms with Crippen molar-refractivity contribution in [3.63, 3.8) is 0 Å². The fourth-order valence-electron chi connectivity index (χ4n) is 3.07. The number of aromatic nitrogens is 3. The topological polar surface area (TPSA) is 105 Å². The predicted octanol–water partition coefficient (Wildman–Crippen LogP) is 3.35. The first kappa shape index (κ1) is 18.7. The van der Waals surface area contributed by atoms with Gasteiger partial charge in [-0.25, -0.2) is 0 Å². The van der Waals surface area contributed by atoms with Crippen LogP contribution in [0, 0.1) is 0 Å². The van der Waals surface area contributed by atoms with Gasteiger partial charge < -0.3 is 24.7 Å². The van der Waals surface area contributed by atoms with Crippen molar-refractivity contribution in [3.05, 3.63) is 48.4 Å². The van der Waals surface area contributed by atoms with Gasteiger partial charge in [0.15, 0.2) is 0 Å². The standard InChI is InChI=1S/C20H22N6O3/c1-2-28-20-24-18(21-13-16-8-5-11-29-16)23-19(25-20)22-14-6-3-7-15(12-14)26-10-4-9-17(26)27/h3,5-8,11-12H,2,4,9-10,13H2,1H3,(H2,21,22,23,24,25). The molecule has 1 aromatic carbocycles. The Hall–Kier alpha value is -3.62. The Kier molecular flexibility index (Phi) is 5.55. The molecule has 2 N–H and O–H groups in total. The van der Waals surface area contributed by atoms with Crippen LogP contribution in [-0.2, 0) is 11.3 Å². The van der Waals surface area contributed by atoms with E-state index in [-0.39, 0.29) is 11.9 Å². The molecule has 0 bridgehead atoms. The van der Waals surface area contributed by atoms with Crippen molar-refractivity contribution in [1.29, 1.82) is 0 Å². The van der Waals surface area contributed by atoms with E-state index >= 15 is 0 Å². The van der Waals surface area contributed by atoms with Crippen LogP contribution in [0.4, 0.5) is 23.3 Å². The summed E-state index contributed by atoms with van der Waals surface area (Å²) in [5, 5.41) is 6.28. The van der Waals surface area contributed by atoms with Crippen molar-refractivity contribution in [2.75, 3.05) is 28.7 Å². The summed E-state index contributed by atoms with van der Waals surface area (Å²) >= 11 is 0. The normalized spacial score (nSPS) is 13.6. The van der Waals surface area contributed by atoms with E-state index in [0.717, 1.165) is 30.1 Å². The maximum Gasteiger partial charge on any atom is 0.323 e. The first-order valence-electron chi connectivity index (χ1n) is 9.54. The summed E-state index contributed by atoms with van der Waals surface area (Å²) in [6, 6.07) is 11.5. The Morgan fingerprint density at radius 1 is 1.17 bits per heavy atom. The highest BCUT2D eigenvalue weighted by atomic mass is 16.5. The lowest BCUT2D eigenvalue weighted by molar-refractivity contribution is -0.117. The molecule has 4 rings (SSSR count). The molecule has 3 heterocycles. The minimum atomic E-state index is 0.144. The van der Waals surface area contributed by atoms with Crippen LogP contribution in [0.25, 0.3) is 0 Å². The van der Waals surface area contributed by atoms with Crippen LogP contribution in [0.5, 0.6) is 6.01 Å². The van der Waals surface area contributed by atoms with Gasteiger partial charge in [0.1, 0.15) is 5.76 Å². The molecule has 2 aromatic heterocycles. The number of hydrogen-bond acceptors (Lipinski definition) is 8. The van der Waals surface area contributed by atoms with Crippen LogP contribution < -0.4 is 20.3 Å². The zero-order valence-corrected chi connectivity index (χ0v) is 16.1. The molecule has 1 saturated heterocycles. The van der Waals surface area contributed by atoms with E-state index in [0.29, 0.717) is 31.5 Å². The van der Waals surface area contributed by atoms with E-state index < -0.39 is 0 Å². The second kappa shape index (κ2) is 8.59. The first-order valence-corrected chi connectivity index (χ1v) is 9.54. The van der Waals surface area contributed by atoms with Crippen molar-refractivity contribution < 1.29 is 13.9 Å². The molecule has 0 spiro atoms. The zero-order chi connectivity index (χ0) is 20.1. The fraction of sp³-hybridized carbons (Fsp3) is 0.300. The molecule has 3 aromatic rings. The fourth-order valence-corrected chi connectivity index (χ4v) is 3.07. The monoisotopic (exact) mass is 394 g/mol. The highest BCUT2D eigenvalue weighted by Crippen LogP contribution is 2.26. The second-order valence-electron chi connectivity index (χ2n) is 6.46. The maximum atomic E-state index is 12.0. The lowest BCUT2D eigenvalue weighted by Crippen LogP contribution is -2.23. The van der Waals surface area contributed by atoms with E-state index in [1.807, 2.05) is 43.3 Å². The Bertz CT molecular complexity index is 976. The number of nitrogens with zero attached hydrogens (tertiary/aromatic N) is 4. The van der Waals surface area contributed by atoms with Crippen LogP contribution in [0.2, 0.25) is 0 Å². The van der Waals surface area contributed by atoms with Crippen molar-refractivity contribution in [2.24, 2.45) is 0 Å². The van der Waals surface area contributed by atoms with Gasteiger partial charge in [-0.15, -0.1) is 0 Å². The molecule has 150 valence electrons. The van der Waals surface area contributed by atoms with E-state index in [1.54, 1.807) is 11.2 Å². The lowest BCUT2D eigenvalue weighted by Gasteiger charge is -2.17. The number of furan rings is 1. The van der Waals surface area contributed by atoms with Crippen LogP contribution in [0.15, 0.2) is 47.1 Å². The molecule has 1 amide bonds. The smallest absolute Gasteiger partial charge is 0.323 e. The minimum absolute atomic E-state index is 0.144. The molecule has 0 atom stereocenters. The summed E-state index contributed by atoms with van der Waals surface area (Å²) in [5.74, 6) is 1.62. The molecular weight excluding hydrogens is 372 g/mol. The summed E-state index contributed by atoms with van der Waals surface area (Å²) in [6.45, 7) is 3.48. The Balaban J connectivity index is 1.53. The van der Waals surface area contributed by atoms with Gasteiger partial charge in [0.25, 0.3) is 0 Å². The van der Waals surface area contributed by atoms with E-state index in [9.17, 15) is 4.79 Å². The molecule has 1 fully saturated rings. The molecule has 0 saturated carbocycles. The van der Waals surface area contributed by atoms with Crippen LogP contribution in [-0.4, -0.2) is 34.0 Å². The van der Waals surface area contributed by atoms with Gasteiger partial charge in [-0.2, -0.15) is 15.0 Å². The highest BCUT2D eigenvalue weighted by Gasteiger charge is 2.21. The van der Waals surface area contributed by atoms with Gasteiger partial charge in [0.05, 0.1) is 19.4 Å². The number of rotatable bonds is 8. The number of carbonyl (C=O) groups excluding carboxylic acids is 1. The molecule has 0 radical (unpaired) electrons.